The molecule has 2 aromatic rings. The smallest absolute Gasteiger partial charge is 0.220 e. The van der Waals surface area contributed by atoms with Gasteiger partial charge in [-0.25, -0.2) is 9.98 Å². The fourth-order valence-corrected chi connectivity index (χ4v) is 4.07. The molecule has 4 N–H and O–H groups in total. The summed E-state index contributed by atoms with van der Waals surface area (Å²) in [7, 11) is 1.66. The van der Waals surface area contributed by atoms with Crippen LogP contribution in [0.15, 0.2) is 40.7 Å². The number of benzene rings is 1. The van der Waals surface area contributed by atoms with Crippen LogP contribution in [-0.4, -0.2) is 34.2 Å². The van der Waals surface area contributed by atoms with E-state index in [2.05, 4.69) is 9.98 Å². The van der Waals surface area contributed by atoms with E-state index in [4.69, 9.17) is 21.2 Å². The van der Waals surface area contributed by atoms with Crippen LogP contribution in [0.25, 0.3) is 5.69 Å². The van der Waals surface area contributed by atoms with Gasteiger partial charge >= 0.3 is 0 Å². The van der Waals surface area contributed by atoms with Crippen molar-refractivity contribution >= 4 is 17.6 Å². The summed E-state index contributed by atoms with van der Waals surface area (Å²) in [6, 6.07) is 5.99. The number of aryl methyl sites for hydroxylation is 1. The average molecular weight is 367 g/mol. The molecule has 0 atom stereocenters. The zero-order valence-electron chi connectivity index (χ0n) is 15.7. The molecule has 1 aromatic carbocycles. The summed E-state index contributed by atoms with van der Waals surface area (Å²) < 4.78 is 7.60. The summed E-state index contributed by atoms with van der Waals surface area (Å²) in [5.74, 6) is 1.35. The van der Waals surface area contributed by atoms with E-state index in [1.807, 2.05) is 40.8 Å². The van der Waals surface area contributed by atoms with Gasteiger partial charge in [0.25, 0.3) is 0 Å². The quantitative estimate of drug-likeness (QED) is 0.865. The maximum atomic E-state index is 6.31. The van der Waals surface area contributed by atoms with Gasteiger partial charge in [-0.05, 0) is 44.7 Å². The molecule has 1 fully saturated rings. The number of nitrogens with two attached hydrogens (primary N) is 2. The van der Waals surface area contributed by atoms with Crippen LogP contribution in [0.4, 0.5) is 5.69 Å². The van der Waals surface area contributed by atoms with E-state index >= 15 is 0 Å². The third-order valence-electron chi connectivity index (χ3n) is 5.26. The number of imidazole rings is 1. The minimum atomic E-state index is -0.466. The number of nitrogens with zero attached hydrogens (tertiary/aromatic N) is 5. The summed E-state index contributed by atoms with van der Waals surface area (Å²) in [4.78, 5) is 15.2. The minimum absolute atomic E-state index is 0.253. The highest BCUT2D eigenvalue weighted by Crippen LogP contribution is 2.41. The lowest BCUT2D eigenvalue weighted by Crippen LogP contribution is -2.58. The first-order valence-corrected chi connectivity index (χ1v) is 9.21. The second kappa shape index (κ2) is 6.61. The summed E-state index contributed by atoms with van der Waals surface area (Å²) >= 11 is 0. The SMILES string of the molecule is COc1cc(N2C(N)=NC(N)=NC23CCCCC3)ccc1-n1cnc(C)c1. The largest absolute Gasteiger partial charge is 0.494 e. The molecule has 8 heteroatoms. The molecule has 2 aliphatic rings. The third-order valence-corrected chi connectivity index (χ3v) is 5.26. The van der Waals surface area contributed by atoms with Crippen LogP contribution >= 0.6 is 0 Å². The van der Waals surface area contributed by atoms with E-state index in [1.54, 1.807) is 13.4 Å². The Morgan fingerprint density at radius 2 is 1.93 bits per heavy atom. The molecule has 1 aromatic heterocycles. The van der Waals surface area contributed by atoms with Crippen LogP contribution in [0.5, 0.6) is 5.75 Å². The number of methoxy groups -OCH3 is 1. The molecule has 1 spiro atoms. The predicted molar refractivity (Wildman–Crippen MR) is 106 cm³/mol. The molecular formula is C19H25N7O. The number of anilines is 1. The number of hydrogen-bond acceptors (Lipinski definition) is 7. The van der Waals surface area contributed by atoms with Crippen molar-refractivity contribution in [3.05, 3.63) is 36.4 Å². The van der Waals surface area contributed by atoms with Crippen molar-refractivity contribution in [3.63, 3.8) is 0 Å². The van der Waals surface area contributed by atoms with Crippen molar-refractivity contribution in [2.45, 2.75) is 44.7 Å². The fourth-order valence-electron chi connectivity index (χ4n) is 4.07. The van der Waals surface area contributed by atoms with Crippen LogP contribution in [0.1, 0.15) is 37.8 Å². The van der Waals surface area contributed by atoms with Gasteiger partial charge in [0, 0.05) is 12.3 Å². The third kappa shape index (κ3) is 3.01. The normalized spacial score (nSPS) is 19.0. The average Bonchev–Trinajstić information content (AvgIpc) is 3.07. The monoisotopic (exact) mass is 367 g/mol. The van der Waals surface area contributed by atoms with Gasteiger partial charge in [-0.2, -0.15) is 4.99 Å². The number of aliphatic imine (C=N–C) groups is 2. The van der Waals surface area contributed by atoms with Gasteiger partial charge < -0.3 is 20.8 Å². The van der Waals surface area contributed by atoms with Gasteiger partial charge in [0.05, 0.1) is 30.5 Å². The minimum Gasteiger partial charge on any atom is -0.494 e. The molecular weight excluding hydrogens is 342 g/mol. The Kier molecular flexibility index (Phi) is 4.25. The molecule has 4 rings (SSSR count). The zero-order valence-corrected chi connectivity index (χ0v) is 15.7. The highest BCUT2D eigenvalue weighted by Gasteiger charge is 2.42. The van der Waals surface area contributed by atoms with Crippen LogP contribution in [-0.2, 0) is 0 Å². The van der Waals surface area contributed by atoms with Crippen LogP contribution in [0.2, 0.25) is 0 Å². The molecule has 0 bridgehead atoms. The summed E-state index contributed by atoms with van der Waals surface area (Å²) in [6.45, 7) is 1.96. The van der Waals surface area contributed by atoms with Gasteiger partial charge in [0.15, 0.2) is 0 Å². The molecule has 27 heavy (non-hydrogen) atoms. The molecule has 0 radical (unpaired) electrons. The first-order valence-electron chi connectivity index (χ1n) is 9.21. The van der Waals surface area contributed by atoms with Gasteiger partial charge in [0.1, 0.15) is 11.4 Å². The molecule has 1 aliphatic carbocycles. The lowest BCUT2D eigenvalue weighted by molar-refractivity contribution is 0.305. The molecule has 0 amide bonds. The van der Waals surface area contributed by atoms with Gasteiger partial charge in [-0.1, -0.05) is 6.42 Å². The lowest BCUT2D eigenvalue weighted by Gasteiger charge is -2.45. The fraction of sp³-hybridized carbons (Fsp3) is 0.421. The van der Waals surface area contributed by atoms with Crippen LogP contribution in [0.3, 0.4) is 0 Å². The summed E-state index contributed by atoms with van der Waals surface area (Å²) in [5, 5.41) is 0. The molecule has 0 unspecified atom stereocenters. The molecule has 142 valence electrons. The first kappa shape index (κ1) is 17.4. The Morgan fingerprint density at radius 3 is 2.59 bits per heavy atom. The standard InChI is InChI=1S/C19H25N7O/c1-13-11-25(12-22-13)15-7-6-14(10-16(15)27-2)26-18(21)23-17(20)24-19(26)8-4-3-5-9-19/h6-7,10-12H,3-5,8-9H2,1-2H3,(H4,20,21,23,24). The Hall–Kier alpha value is -3.03. The predicted octanol–water partition coefficient (Wildman–Crippen LogP) is 2.30. The van der Waals surface area contributed by atoms with Crippen molar-refractivity contribution in [1.82, 2.24) is 9.55 Å². The number of ether oxygens (including phenoxy) is 1. The Bertz CT molecular complexity index is 909. The molecule has 1 aliphatic heterocycles. The van der Waals surface area contributed by atoms with Crippen LogP contribution in [0, 0.1) is 6.92 Å². The number of aromatic nitrogens is 2. The van der Waals surface area contributed by atoms with E-state index in [0.29, 0.717) is 5.96 Å². The highest BCUT2D eigenvalue weighted by atomic mass is 16.5. The van der Waals surface area contributed by atoms with E-state index in [0.717, 1.165) is 48.5 Å². The van der Waals surface area contributed by atoms with E-state index in [9.17, 15) is 0 Å². The molecule has 0 saturated heterocycles. The second-order valence-electron chi connectivity index (χ2n) is 7.10. The maximum absolute atomic E-state index is 6.31. The van der Waals surface area contributed by atoms with Crippen LogP contribution < -0.4 is 21.1 Å². The first-order chi connectivity index (χ1) is 13.0. The topological polar surface area (TPSA) is 107 Å². The van der Waals surface area contributed by atoms with Crippen molar-refractivity contribution in [2.24, 2.45) is 21.5 Å². The van der Waals surface area contributed by atoms with Crippen molar-refractivity contribution in [1.29, 1.82) is 0 Å². The number of guanidine groups is 2. The Balaban J connectivity index is 1.78. The summed E-state index contributed by atoms with van der Waals surface area (Å²) in [5.41, 5.74) is 14.5. The maximum Gasteiger partial charge on any atom is 0.220 e. The van der Waals surface area contributed by atoms with E-state index in [-0.39, 0.29) is 5.96 Å². The van der Waals surface area contributed by atoms with Gasteiger partial charge in [-0.15, -0.1) is 0 Å². The summed E-state index contributed by atoms with van der Waals surface area (Å²) in [6.07, 6.45) is 8.90. The zero-order chi connectivity index (χ0) is 19.0. The Labute approximate surface area is 158 Å². The van der Waals surface area contributed by atoms with E-state index < -0.39 is 5.66 Å². The van der Waals surface area contributed by atoms with Gasteiger partial charge in [-0.3, -0.25) is 4.90 Å². The van der Waals surface area contributed by atoms with Crippen molar-refractivity contribution < 1.29 is 4.74 Å². The lowest BCUT2D eigenvalue weighted by atomic mass is 9.87. The number of rotatable bonds is 3. The van der Waals surface area contributed by atoms with Crippen molar-refractivity contribution in [3.8, 4) is 11.4 Å². The second-order valence-corrected chi connectivity index (χ2v) is 7.10. The van der Waals surface area contributed by atoms with E-state index in [1.165, 1.54) is 6.42 Å². The molecule has 2 heterocycles. The molecule has 8 nitrogen and oxygen atoms in total. The highest BCUT2D eigenvalue weighted by molar-refractivity contribution is 6.05. The Morgan fingerprint density at radius 1 is 1.15 bits per heavy atom. The van der Waals surface area contributed by atoms with Gasteiger partial charge in [0.2, 0.25) is 11.9 Å². The molecule has 1 saturated carbocycles. The van der Waals surface area contributed by atoms with Crippen molar-refractivity contribution in [2.75, 3.05) is 12.0 Å². The number of hydrogen-bond donors (Lipinski definition) is 2.